The molecular weight excluding hydrogens is 361 g/mol. The molecule has 1 atom stereocenters. The van der Waals surface area contributed by atoms with Gasteiger partial charge in [-0.3, -0.25) is 15.1 Å². The van der Waals surface area contributed by atoms with Crippen molar-refractivity contribution in [3.63, 3.8) is 0 Å². The molecule has 4 rings (SSSR count). The summed E-state index contributed by atoms with van der Waals surface area (Å²) in [6, 6.07) is 11.3. The first-order valence-electron chi connectivity index (χ1n) is 8.85. The van der Waals surface area contributed by atoms with Crippen molar-refractivity contribution in [2.45, 2.75) is 13.0 Å². The largest absolute Gasteiger partial charge is 0.497 e. The first kappa shape index (κ1) is 18.0. The second-order valence-corrected chi connectivity index (χ2v) is 6.66. The van der Waals surface area contributed by atoms with Gasteiger partial charge in [-0.2, -0.15) is 0 Å². The number of amides is 2. The number of hydrogen-bond donors (Lipinski definition) is 1. The monoisotopic (exact) mass is 381 g/mol. The van der Waals surface area contributed by atoms with Crippen molar-refractivity contribution in [1.82, 2.24) is 15.1 Å². The third kappa shape index (κ3) is 3.06. The molecule has 1 fully saturated rings. The van der Waals surface area contributed by atoms with Crippen molar-refractivity contribution in [3.05, 3.63) is 59.4 Å². The number of benzene rings is 2. The number of rotatable bonds is 3. The number of ether oxygens (including phenoxy) is 1. The number of guanidine groups is 2. The van der Waals surface area contributed by atoms with Gasteiger partial charge in [0, 0.05) is 7.05 Å². The zero-order chi connectivity index (χ0) is 19.8. The van der Waals surface area contributed by atoms with Crippen LogP contribution in [0, 0.1) is 12.7 Å². The van der Waals surface area contributed by atoms with Crippen LogP contribution in [0.2, 0.25) is 0 Å². The van der Waals surface area contributed by atoms with Crippen molar-refractivity contribution in [2.24, 2.45) is 9.98 Å². The number of carbonyl (C=O) groups is 1. The molecule has 1 saturated heterocycles. The summed E-state index contributed by atoms with van der Waals surface area (Å²) in [5, 5.41) is 2.83. The standard InChI is InChI=1S/C20H20FN5O2/c1-12-10-15(28-3)8-9-16(12)23-18-24-20(27)25(2)19-22-11-17(26(18)19)13-4-6-14(21)7-5-13/h4-10,17H,11H2,1-3H3,(H,23,24,27). The molecule has 0 aliphatic carbocycles. The Kier molecular flexibility index (Phi) is 4.46. The summed E-state index contributed by atoms with van der Waals surface area (Å²) in [6.45, 7) is 2.37. The first-order valence-corrected chi connectivity index (χ1v) is 8.85. The lowest BCUT2D eigenvalue weighted by Gasteiger charge is -2.36. The van der Waals surface area contributed by atoms with Crippen molar-refractivity contribution in [2.75, 3.05) is 20.7 Å². The van der Waals surface area contributed by atoms with Crippen molar-refractivity contribution >= 4 is 23.6 Å². The number of fused-ring (bicyclic) bond motifs is 1. The fraction of sp³-hybridized carbons (Fsp3) is 0.250. The van der Waals surface area contributed by atoms with Crippen LogP contribution >= 0.6 is 0 Å². The Balaban J connectivity index is 1.75. The number of methoxy groups -OCH3 is 1. The highest BCUT2D eigenvalue weighted by atomic mass is 19.1. The topological polar surface area (TPSA) is 69.5 Å². The third-order valence-corrected chi connectivity index (χ3v) is 4.87. The van der Waals surface area contributed by atoms with Crippen LogP contribution in [-0.2, 0) is 0 Å². The van der Waals surface area contributed by atoms with Crippen molar-refractivity contribution in [1.29, 1.82) is 0 Å². The molecule has 0 aromatic heterocycles. The number of hydrogen-bond acceptors (Lipinski definition) is 4. The Bertz CT molecular complexity index is 987. The number of carbonyl (C=O) groups excluding carboxylic acids is 1. The Morgan fingerprint density at radius 3 is 2.68 bits per heavy atom. The first-order chi connectivity index (χ1) is 13.5. The second-order valence-electron chi connectivity index (χ2n) is 6.66. The quantitative estimate of drug-likeness (QED) is 0.888. The van der Waals surface area contributed by atoms with Crippen LogP contribution in [0.25, 0.3) is 0 Å². The van der Waals surface area contributed by atoms with Crippen LogP contribution in [0.15, 0.2) is 52.4 Å². The maximum Gasteiger partial charge on any atom is 0.330 e. The zero-order valence-electron chi connectivity index (χ0n) is 15.8. The molecule has 0 spiro atoms. The van der Waals surface area contributed by atoms with E-state index in [0.717, 1.165) is 16.9 Å². The molecule has 2 aromatic rings. The minimum Gasteiger partial charge on any atom is -0.497 e. The molecule has 0 bridgehead atoms. The fourth-order valence-corrected chi connectivity index (χ4v) is 3.32. The number of nitrogens with zero attached hydrogens (tertiary/aromatic N) is 4. The third-order valence-electron chi connectivity index (χ3n) is 4.87. The Morgan fingerprint density at radius 2 is 2.00 bits per heavy atom. The van der Waals surface area contributed by atoms with Gasteiger partial charge in [0.25, 0.3) is 0 Å². The molecule has 1 unspecified atom stereocenters. The van der Waals surface area contributed by atoms with E-state index in [-0.39, 0.29) is 17.9 Å². The van der Waals surface area contributed by atoms with Gasteiger partial charge in [-0.15, -0.1) is 0 Å². The van der Waals surface area contributed by atoms with E-state index in [0.29, 0.717) is 24.2 Å². The van der Waals surface area contributed by atoms with E-state index in [9.17, 15) is 9.18 Å². The molecule has 2 amide bonds. The lowest BCUT2D eigenvalue weighted by molar-refractivity contribution is 0.222. The Hall–Kier alpha value is -3.42. The van der Waals surface area contributed by atoms with E-state index in [2.05, 4.69) is 15.3 Å². The van der Waals surface area contributed by atoms with Gasteiger partial charge in [0.1, 0.15) is 11.6 Å². The van der Waals surface area contributed by atoms with Crippen LogP contribution in [0.3, 0.4) is 0 Å². The van der Waals surface area contributed by atoms with Crippen LogP contribution < -0.4 is 10.1 Å². The van der Waals surface area contributed by atoms with Crippen molar-refractivity contribution < 1.29 is 13.9 Å². The minimum atomic E-state index is -0.306. The number of aliphatic imine (C=N–C) groups is 2. The van der Waals surface area contributed by atoms with Gasteiger partial charge >= 0.3 is 6.03 Å². The van der Waals surface area contributed by atoms with E-state index < -0.39 is 0 Å². The summed E-state index contributed by atoms with van der Waals surface area (Å²) in [7, 11) is 3.27. The maximum absolute atomic E-state index is 13.3. The summed E-state index contributed by atoms with van der Waals surface area (Å²) < 4.78 is 18.6. The summed E-state index contributed by atoms with van der Waals surface area (Å²) in [4.78, 5) is 24.9. The van der Waals surface area contributed by atoms with Crippen LogP contribution in [-0.4, -0.2) is 48.5 Å². The minimum absolute atomic E-state index is 0.184. The van der Waals surface area contributed by atoms with E-state index in [1.807, 2.05) is 30.0 Å². The summed E-state index contributed by atoms with van der Waals surface area (Å²) >= 11 is 0. The van der Waals surface area contributed by atoms with Gasteiger partial charge in [-0.05, 0) is 48.4 Å². The summed E-state index contributed by atoms with van der Waals surface area (Å²) in [6.07, 6.45) is 0. The van der Waals surface area contributed by atoms with E-state index in [1.165, 1.54) is 17.0 Å². The number of aryl methyl sites for hydroxylation is 1. The second kappa shape index (κ2) is 6.95. The smallest absolute Gasteiger partial charge is 0.330 e. The predicted molar refractivity (Wildman–Crippen MR) is 104 cm³/mol. The summed E-state index contributed by atoms with van der Waals surface area (Å²) in [5.41, 5.74) is 2.52. The number of halogens is 1. The van der Waals surface area contributed by atoms with Gasteiger partial charge in [0.05, 0.1) is 25.4 Å². The number of nitrogens with one attached hydrogen (secondary N) is 1. The molecule has 2 aromatic carbocycles. The van der Waals surface area contributed by atoms with E-state index in [1.54, 1.807) is 26.3 Å². The lowest BCUT2D eigenvalue weighted by atomic mass is 10.1. The Morgan fingerprint density at radius 1 is 1.25 bits per heavy atom. The molecule has 7 nitrogen and oxygen atoms in total. The number of urea groups is 1. The highest BCUT2D eigenvalue weighted by molar-refractivity contribution is 6.16. The van der Waals surface area contributed by atoms with Gasteiger partial charge in [0.2, 0.25) is 11.9 Å². The van der Waals surface area contributed by atoms with Gasteiger partial charge in [0.15, 0.2) is 0 Å². The highest BCUT2D eigenvalue weighted by Crippen LogP contribution is 2.31. The van der Waals surface area contributed by atoms with Gasteiger partial charge in [-0.25, -0.2) is 19.2 Å². The fourth-order valence-electron chi connectivity index (χ4n) is 3.32. The van der Waals surface area contributed by atoms with E-state index in [4.69, 9.17) is 4.74 Å². The molecule has 2 aliphatic heterocycles. The van der Waals surface area contributed by atoms with Crippen LogP contribution in [0.5, 0.6) is 5.75 Å². The zero-order valence-corrected chi connectivity index (χ0v) is 15.8. The molecule has 28 heavy (non-hydrogen) atoms. The van der Waals surface area contributed by atoms with E-state index >= 15 is 0 Å². The molecule has 2 aliphatic rings. The van der Waals surface area contributed by atoms with Gasteiger partial charge in [-0.1, -0.05) is 12.1 Å². The molecule has 1 N–H and O–H groups in total. The van der Waals surface area contributed by atoms with Crippen molar-refractivity contribution in [3.8, 4) is 5.75 Å². The summed E-state index contributed by atoms with van der Waals surface area (Å²) in [5.74, 6) is 1.35. The maximum atomic E-state index is 13.3. The lowest BCUT2D eigenvalue weighted by Crippen LogP contribution is -2.61. The van der Waals surface area contributed by atoms with Crippen LogP contribution in [0.4, 0.5) is 14.9 Å². The average Bonchev–Trinajstić information content (AvgIpc) is 3.13. The molecule has 2 heterocycles. The van der Waals surface area contributed by atoms with Crippen LogP contribution in [0.1, 0.15) is 17.2 Å². The molecular formula is C20H20FN5O2. The normalized spacial score (nSPS) is 20.1. The molecule has 8 heteroatoms. The molecule has 0 radical (unpaired) electrons. The molecule has 144 valence electrons. The van der Waals surface area contributed by atoms with Gasteiger partial charge < -0.3 is 4.74 Å². The predicted octanol–water partition coefficient (Wildman–Crippen LogP) is 3.20. The average molecular weight is 381 g/mol. The SMILES string of the molecule is COc1ccc(N=C2NC(=O)N(C)C3=NCC(c4ccc(F)cc4)N23)c(C)c1. The Labute approximate surface area is 162 Å². The highest BCUT2D eigenvalue weighted by Gasteiger charge is 2.41. The molecule has 0 saturated carbocycles.